The van der Waals surface area contributed by atoms with Crippen molar-refractivity contribution in [1.82, 2.24) is 4.90 Å². The summed E-state index contributed by atoms with van der Waals surface area (Å²) in [5, 5.41) is 13.5. The highest BCUT2D eigenvalue weighted by molar-refractivity contribution is 5.95. The summed E-state index contributed by atoms with van der Waals surface area (Å²) in [6.45, 7) is 6.52. The average Bonchev–Trinajstić information content (AvgIpc) is 3.06. The van der Waals surface area contributed by atoms with E-state index in [9.17, 15) is 9.90 Å². The van der Waals surface area contributed by atoms with Crippen molar-refractivity contribution >= 4 is 11.6 Å². The molecule has 1 saturated carbocycles. The lowest BCUT2D eigenvalue weighted by Crippen LogP contribution is -2.63. The Morgan fingerprint density at radius 3 is 3.00 bits per heavy atom. The van der Waals surface area contributed by atoms with E-state index in [0.29, 0.717) is 30.2 Å². The summed E-state index contributed by atoms with van der Waals surface area (Å²) in [7, 11) is 0. The Morgan fingerprint density at radius 1 is 1.36 bits per heavy atom. The van der Waals surface area contributed by atoms with E-state index in [1.165, 1.54) is 0 Å². The summed E-state index contributed by atoms with van der Waals surface area (Å²) in [6, 6.07) is 8.15. The van der Waals surface area contributed by atoms with Gasteiger partial charge in [-0.1, -0.05) is 19.9 Å². The van der Waals surface area contributed by atoms with Gasteiger partial charge in [-0.25, -0.2) is 0 Å². The van der Waals surface area contributed by atoms with Gasteiger partial charge in [0, 0.05) is 48.3 Å². The number of benzene rings is 1. The van der Waals surface area contributed by atoms with E-state index < -0.39 is 6.10 Å². The lowest BCUT2D eigenvalue weighted by Gasteiger charge is -2.55. The van der Waals surface area contributed by atoms with Crippen molar-refractivity contribution in [2.24, 2.45) is 11.3 Å². The largest absolute Gasteiger partial charge is 0.391 e. The maximum Gasteiger partial charge on any atom is 0.254 e. The normalized spacial score (nSPS) is 33.5. The molecule has 0 bridgehead atoms. The highest BCUT2D eigenvalue weighted by Gasteiger charge is 2.59. The number of carbonyl (C=O) groups is 1. The minimum absolute atomic E-state index is 0.0114. The minimum Gasteiger partial charge on any atom is -0.391 e. The zero-order valence-electron chi connectivity index (χ0n) is 15.1. The molecule has 4 rings (SSSR count). The number of aliphatic hydroxyl groups is 1. The number of aliphatic hydroxyl groups excluding tert-OH is 1. The van der Waals surface area contributed by atoms with E-state index in [-0.39, 0.29) is 11.3 Å². The molecule has 2 N–H and O–H groups in total. The second-order valence-corrected chi connectivity index (χ2v) is 8.32. The maximum atomic E-state index is 12.7. The van der Waals surface area contributed by atoms with Gasteiger partial charge in [-0.2, -0.15) is 0 Å². The van der Waals surface area contributed by atoms with Crippen LogP contribution in [0.5, 0.6) is 0 Å². The van der Waals surface area contributed by atoms with Gasteiger partial charge in [0.05, 0.1) is 12.2 Å². The van der Waals surface area contributed by atoms with Crippen molar-refractivity contribution < 1.29 is 14.6 Å². The molecule has 136 valence electrons. The number of β-amino-alcohol motifs (C(OH)–C–C–N with tert-alkyl or cyclic N) is 1. The van der Waals surface area contributed by atoms with Gasteiger partial charge in [0.1, 0.15) is 0 Å². The van der Waals surface area contributed by atoms with Crippen LogP contribution in [0.2, 0.25) is 0 Å². The Hall–Kier alpha value is -1.59. The molecule has 0 aromatic heterocycles. The first-order valence-corrected chi connectivity index (χ1v) is 9.42. The smallest absolute Gasteiger partial charge is 0.254 e. The molecule has 0 spiro atoms. The molecule has 1 aliphatic carbocycles. The molecule has 3 fully saturated rings. The van der Waals surface area contributed by atoms with Crippen LogP contribution in [0.1, 0.15) is 43.5 Å². The van der Waals surface area contributed by atoms with Gasteiger partial charge in [-0.15, -0.1) is 0 Å². The number of hydrogen-bond acceptors (Lipinski definition) is 4. The number of amides is 1. The molecule has 2 saturated heterocycles. The van der Waals surface area contributed by atoms with Crippen LogP contribution in [-0.4, -0.2) is 53.9 Å². The molecule has 4 unspecified atom stereocenters. The SMILES string of the molecule is CC1(C)C(Nc2cccc(C(=O)N3CCCC(O)C3)c2)C2CCOC21. The summed E-state index contributed by atoms with van der Waals surface area (Å²) in [5.41, 5.74) is 1.79. The lowest BCUT2D eigenvalue weighted by molar-refractivity contribution is -0.0923. The van der Waals surface area contributed by atoms with Crippen LogP contribution < -0.4 is 5.32 Å². The second kappa shape index (κ2) is 6.29. The number of piperidine rings is 1. The molecular formula is C20H28N2O3. The Labute approximate surface area is 149 Å². The van der Waals surface area contributed by atoms with Gasteiger partial charge >= 0.3 is 0 Å². The van der Waals surface area contributed by atoms with E-state index in [2.05, 4.69) is 19.2 Å². The van der Waals surface area contributed by atoms with Gasteiger partial charge in [0.2, 0.25) is 0 Å². The number of nitrogens with one attached hydrogen (secondary N) is 1. The number of anilines is 1. The number of fused-ring (bicyclic) bond motifs is 1. The summed E-state index contributed by atoms with van der Waals surface area (Å²) in [6.07, 6.45) is 2.71. The second-order valence-electron chi connectivity index (χ2n) is 8.32. The van der Waals surface area contributed by atoms with E-state index in [1.54, 1.807) is 4.90 Å². The van der Waals surface area contributed by atoms with Crippen molar-refractivity contribution in [1.29, 1.82) is 0 Å². The van der Waals surface area contributed by atoms with Crippen molar-refractivity contribution in [3.63, 3.8) is 0 Å². The van der Waals surface area contributed by atoms with Crippen LogP contribution >= 0.6 is 0 Å². The first-order valence-electron chi connectivity index (χ1n) is 9.42. The Morgan fingerprint density at radius 2 is 2.20 bits per heavy atom. The van der Waals surface area contributed by atoms with E-state index in [4.69, 9.17) is 4.74 Å². The van der Waals surface area contributed by atoms with Crippen LogP contribution in [0.15, 0.2) is 24.3 Å². The fourth-order valence-electron chi connectivity index (χ4n) is 4.86. The van der Waals surface area contributed by atoms with E-state index >= 15 is 0 Å². The summed E-state index contributed by atoms with van der Waals surface area (Å²) >= 11 is 0. The molecular weight excluding hydrogens is 316 g/mol. The molecule has 1 aromatic rings. The number of ether oxygens (including phenoxy) is 1. The lowest BCUT2D eigenvalue weighted by atomic mass is 9.57. The van der Waals surface area contributed by atoms with Crippen LogP contribution in [0.25, 0.3) is 0 Å². The predicted molar refractivity (Wildman–Crippen MR) is 96.6 cm³/mol. The number of likely N-dealkylation sites (tertiary alicyclic amines) is 1. The Kier molecular flexibility index (Phi) is 4.24. The van der Waals surface area contributed by atoms with Gasteiger partial charge in [-0.3, -0.25) is 4.79 Å². The summed E-state index contributed by atoms with van der Waals surface area (Å²) in [4.78, 5) is 14.5. The van der Waals surface area contributed by atoms with Crippen LogP contribution in [0, 0.1) is 11.3 Å². The van der Waals surface area contributed by atoms with E-state index in [1.807, 2.05) is 24.3 Å². The molecule has 2 heterocycles. The van der Waals surface area contributed by atoms with Crippen LogP contribution in [0.4, 0.5) is 5.69 Å². The Bertz CT molecular complexity index is 660. The zero-order chi connectivity index (χ0) is 17.6. The number of carbonyl (C=O) groups excluding carboxylic acids is 1. The minimum atomic E-state index is -0.394. The quantitative estimate of drug-likeness (QED) is 0.884. The fraction of sp³-hybridized carbons (Fsp3) is 0.650. The molecule has 0 radical (unpaired) electrons. The average molecular weight is 344 g/mol. The first kappa shape index (κ1) is 16.9. The highest BCUT2D eigenvalue weighted by atomic mass is 16.5. The van der Waals surface area contributed by atoms with Gasteiger partial charge < -0.3 is 20.1 Å². The summed E-state index contributed by atoms with van der Waals surface area (Å²) in [5.74, 6) is 0.573. The molecule has 1 amide bonds. The molecule has 5 nitrogen and oxygen atoms in total. The molecule has 2 aliphatic heterocycles. The zero-order valence-corrected chi connectivity index (χ0v) is 15.1. The molecule has 5 heteroatoms. The third-order valence-corrected chi connectivity index (χ3v) is 6.22. The van der Waals surface area contributed by atoms with E-state index in [0.717, 1.165) is 38.1 Å². The monoisotopic (exact) mass is 344 g/mol. The van der Waals surface area contributed by atoms with Gasteiger partial charge in [-0.05, 0) is 37.5 Å². The standard InChI is InChI=1S/C20H28N2O3/c1-20(2)17(16-8-10-25-18(16)20)21-14-6-3-5-13(11-14)19(24)22-9-4-7-15(23)12-22/h3,5-6,11,15-18,21,23H,4,7-10,12H2,1-2H3. The third kappa shape index (κ3) is 2.93. The number of hydrogen-bond donors (Lipinski definition) is 2. The predicted octanol–water partition coefficient (Wildman–Crippen LogP) is 2.51. The topological polar surface area (TPSA) is 61.8 Å². The van der Waals surface area contributed by atoms with Gasteiger partial charge in [0.25, 0.3) is 5.91 Å². The van der Waals surface area contributed by atoms with Gasteiger partial charge in [0.15, 0.2) is 0 Å². The number of rotatable bonds is 3. The maximum absolute atomic E-state index is 12.7. The van der Waals surface area contributed by atoms with Crippen molar-refractivity contribution in [2.45, 2.75) is 51.4 Å². The molecule has 25 heavy (non-hydrogen) atoms. The summed E-state index contributed by atoms with van der Waals surface area (Å²) < 4.78 is 5.86. The first-order chi connectivity index (χ1) is 12.0. The fourth-order valence-corrected chi connectivity index (χ4v) is 4.86. The van der Waals surface area contributed by atoms with Crippen molar-refractivity contribution in [2.75, 3.05) is 25.0 Å². The van der Waals surface area contributed by atoms with Crippen LogP contribution in [0.3, 0.4) is 0 Å². The Balaban J connectivity index is 1.47. The van der Waals surface area contributed by atoms with Crippen molar-refractivity contribution in [3.05, 3.63) is 29.8 Å². The van der Waals surface area contributed by atoms with Crippen LogP contribution in [-0.2, 0) is 4.74 Å². The molecule has 3 aliphatic rings. The third-order valence-electron chi connectivity index (χ3n) is 6.22. The van der Waals surface area contributed by atoms with Crippen molar-refractivity contribution in [3.8, 4) is 0 Å². The number of nitrogens with zero attached hydrogens (tertiary/aromatic N) is 1. The molecule has 4 atom stereocenters. The highest BCUT2D eigenvalue weighted by Crippen LogP contribution is 2.53. The molecule has 1 aromatic carbocycles.